The molecule has 1 atom stereocenters. The molecule has 1 aromatic heterocycles. The third-order valence-electron chi connectivity index (χ3n) is 4.46. The van der Waals surface area contributed by atoms with Gasteiger partial charge in [-0.2, -0.15) is 5.10 Å². The number of rotatable bonds is 5. The van der Waals surface area contributed by atoms with E-state index in [-0.39, 0.29) is 11.9 Å². The molecule has 2 aromatic carbocycles. The summed E-state index contributed by atoms with van der Waals surface area (Å²) in [6.45, 7) is 0. The van der Waals surface area contributed by atoms with Gasteiger partial charge in [-0.05, 0) is 42.2 Å². The van der Waals surface area contributed by atoms with Gasteiger partial charge in [0.25, 0.3) is 5.91 Å². The molecule has 0 spiro atoms. The number of amides is 1. The number of nitrogens with zero attached hydrogens (tertiary/aromatic N) is 1. The minimum Gasteiger partial charge on any atom is -0.340 e. The minimum absolute atomic E-state index is 0.188. The average Bonchev–Trinajstić information content (AvgIpc) is 3.38. The Labute approximate surface area is 151 Å². The summed E-state index contributed by atoms with van der Waals surface area (Å²) in [5, 5.41) is 10.9. The molecule has 3 aromatic rings. The third kappa shape index (κ3) is 3.59. The van der Waals surface area contributed by atoms with Crippen molar-refractivity contribution < 1.29 is 4.79 Å². The van der Waals surface area contributed by atoms with Crippen molar-refractivity contribution in [3.8, 4) is 0 Å². The molecule has 4 nitrogen and oxygen atoms in total. The Morgan fingerprint density at radius 1 is 1.08 bits per heavy atom. The highest BCUT2D eigenvalue weighted by Crippen LogP contribution is 2.39. The lowest BCUT2D eigenvalue weighted by atomic mass is 9.98. The molecule has 1 saturated carbocycles. The van der Waals surface area contributed by atoms with E-state index in [2.05, 4.69) is 15.5 Å². The van der Waals surface area contributed by atoms with E-state index in [4.69, 9.17) is 11.6 Å². The number of aromatic amines is 1. The van der Waals surface area contributed by atoms with Gasteiger partial charge in [0.1, 0.15) is 5.69 Å². The molecule has 1 fully saturated rings. The number of hydrogen-bond donors (Lipinski definition) is 2. The van der Waals surface area contributed by atoms with Gasteiger partial charge in [-0.3, -0.25) is 9.89 Å². The Bertz CT molecular complexity index is 869. The summed E-state index contributed by atoms with van der Waals surface area (Å²) < 4.78 is 0. The molecule has 5 heteroatoms. The highest BCUT2D eigenvalue weighted by atomic mass is 35.5. The van der Waals surface area contributed by atoms with Crippen LogP contribution in [0, 0.1) is 0 Å². The van der Waals surface area contributed by atoms with Crippen LogP contribution in [0.15, 0.2) is 60.7 Å². The first-order chi connectivity index (χ1) is 12.2. The molecule has 1 amide bonds. The zero-order valence-electron chi connectivity index (χ0n) is 13.6. The molecule has 1 aliphatic carbocycles. The molecule has 0 aliphatic heterocycles. The zero-order valence-corrected chi connectivity index (χ0v) is 14.3. The van der Waals surface area contributed by atoms with E-state index in [0.29, 0.717) is 16.6 Å². The maximum Gasteiger partial charge on any atom is 0.272 e. The van der Waals surface area contributed by atoms with Crippen molar-refractivity contribution in [2.75, 3.05) is 0 Å². The van der Waals surface area contributed by atoms with Crippen LogP contribution in [0.3, 0.4) is 0 Å². The highest BCUT2D eigenvalue weighted by molar-refractivity contribution is 6.30. The smallest absolute Gasteiger partial charge is 0.272 e. The standard InChI is InChI=1S/C20H18ClN3O/c21-16-10-8-15(9-11-16)19(14-4-2-1-3-5-14)22-20(25)18-12-17(23-24-18)13-6-7-13/h1-5,8-13,19H,6-7H2,(H,22,25)(H,23,24)/t19-/m0/s1. The van der Waals surface area contributed by atoms with Gasteiger partial charge in [0.15, 0.2) is 0 Å². The fraction of sp³-hybridized carbons (Fsp3) is 0.200. The number of benzene rings is 2. The van der Waals surface area contributed by atoms with E-state index >= 15 is 0 Å². The number of nitrogens with one attached hydrogen (secondary N) is 2. The van der Waals surface area contributed by atoms with Gasteiger partial charge in [-0.1, -0.05) is 54.1 Å². The highest BCUT2D eigenvalue weighted by Gasteiger charge is 2.27. The number of halogens is 1. The fourth-order valence-electron chi connectivity index (χ4n) is 2.92. The van der Waals surface area contributed by atoms with E-state index in [1.54, 1.807) is 0 Å². The van der Waals surface area contributed by atoms with Crippen LogP contribution in [-0.2, 0) is 0 Å². The molecule has 4 rings (SSSR count). The Hall–Kier alpha value is -2.59. The first-order valence-electron chi connectivity index (χ1n) is 8.37. The van der Waals surface area contributed by atoms with Crippen LogP contribution in [-0.4, -0.2) is 16.1 Å². The number of aromatic nitrogens is 2. The molecule has 126 valence electrons. The van der Waals surface area contributed by atoms with Crippen molar-refractivity contribution >= 4 is 17.5 Å². The van der Waals surface area contributed by atoms with Crippen molar-refractivity contribution in [3.05, 3.63) is 88.2 Å². The Morgan fingerprint density at radius 2 is 1.76 bits per heavy atom. The van der Waals surface area contributed by atoms with Gasteiger partial charge in [-0.15, -0.1) is 0 Å². The van der Waals surface area contributed by atoms with Crippen molar-refractivity contribution in [2.24, 2.45) is 0 Å². The Balaban J connectivity index is 1.61. The Morgan fingerprint density at radius 3 is 2.44 bits per heavy atom. The first kappa shape index (κ1) is 15.9. The number of H-pyrrole nitrogens is 1. The molecule has 25 heavy (non-hydrogen) atoms. The SMILES string of the molecule is O=C(N[C@@H](c1ccccc1)c1ccc(Cl)cc1)c1cc(C2CC2)[nH]n1. The third-order valence-corrected chi connectivity index (χ3v) is 4.71. The number of hydrogen-bond acceptors (Lipinski definition) is 2. The van der Waals surface area contributed by atoms with E-state index < -0.39 is 0 Å². The molecule has 2 N–H and O–H groups in total. The van der Waals surface area contributed by atoms with Crippen LogP contribution >= 0.6 is 11.6 Å². The summed E-state index contributed by atoms with van der Waals surface area (Å²) >= 11 is 6.00. The topological polar surface area (TPSA) is 57.8 Å². The summed E-state index contributed by atoms with van der Waals surface area (Å²) in [7, 11) is 0. The van der Waals surface area contributed by atoms with Gasteiger partial charge in [0.05, 0.1) is 6.04 Å². The lowest BCUT2D eigenvalue weighted by molar-refractivity contribution is 0.0938. The van der Waals surface area contributed by atoms with Gasteiger partial charge < -0.3 is 5.32 Å². The quantitative estimate of drug-likeness (QED) is 0.713. The molecule has 1 aliphatic rings. The number of carbonyl (C=O) groups is 1. The molecular formula is C20H18ClN3O. The summed E-state index contributed by atoms with van der Waals surface area (Å²) in [6.07, 6.45) is 2.33. The van der Waals surface area contributed by atoms with E-state index in [1.807, 2.05) is 60.7 Å². The van der Waals surface area contributed by atoms with Gasteiger partial charge >= 0.3 is 0 Å². The lowest BCUT2D eigenvalue weighted by Crippen LogP contribution is -2.29. The van der Waals surface area contributed by atoms with Crippen LogP contribution < -0.4 is 5.32 Å². The van der Waals surface area contributed by atoms with Crippen molar-refractivity contribution in [1.29, 1.82) is 0 Å². The summed E-state index contributed by atoms with van der Waals surface area (Å²) in [5.74, 6) is 0.349. The second-order valence-corrected chi connectivity index (χ2v) is 6.79. The molecule has 1 heterocycles. The van der Waals surface area contributed by atoms with Gasteiger partial charge in [0, 0.05) is 16.6 Å². The van der Waals surface area contributed by atoms with Crippen molar-refractivity contribution in [2.45, 2.75) is 24.8 Å². The molecule has 0 saturated heterocycles. The Kier molecular flexibility index (Phi) is 4.28. The second-order valence-electron chi connectivity index (χ2n) is 6.35. The van der Waals surface area contributed by atoms with E-state index in [9.17, 15) is 4.79 Å². The first-order valence-corrected chi connectivity index (χ1v) is 8.75. The predicted molar refractivity (Wildman–Crippen MR) is 97.8 cm³/mol. The lowest BCUT2D eigenvalue weighted by Gasteiger charge is -2.19. The molecule has 0 radical (unpaired) electrons. The summed E-state index contributed by atoms with van der Waals surface area (Å²) in [4.78, 5) is 12.7. The number of carbonyl (C=O) groups excluding carboxylic acids is 1. The zero-order chi connectivity index (χ0) is 17.2. The van der Waals surface area contributed by atoms with Crippen molar-refractivity contribution in [1.82, 2.24) is 15.5 Å². The van der Waals surface area contributed by atoms with Crippen LogP contribution in [0.4, 0.5) is 0 Å². The molecule has 0 unspecified atom stereocenters. The van der Waals surface area contributed by atoms with Crippen molar-refractivity contribution in [3.63, 3.8) is 0 Å². The second kappa shape index (κ2) is 6.73. The average molecular weight is 352 g/mol. The largest absolute Gasteiger partial charge is 0.340 e. The van der Waals surface area contributed by atoms with Crippen LogP contribution in [0.2, 0.25) is 5.02 Å². The summed E-state index contributed by atoms with van der Waals surface area (Å²) in [5.41, 5.74) is 3.46. The minimum atomic E-state index is -0.257. The van der Waals surface area contributed by atoms with E-state index in [1.165, 1.54) is 12.8 Å². The predicted octanol–water partition coefficient (Wildman–Crippen LogP) is 4.46. The summed E-state index contributed by atoms with van der Waals surface area (Å²) in [6, 6.07) is 19.0. The monoisotopic (exact) mass is 351 g/mol. The van der Waals surface area contributed by atoms with Gasteiger partial charge in [0.2, 0.25) is 0 Å². The van der Waals surface area contributed by atoms with Crippen LogP contribution in [0.5, 0.6) is 0 Å². The maximum atomic E-state index is 12.7. The van der Waals surface area contributed by atoms with Crippen LogP contribution in [0.1, 0.15) is 52.1 Å². The molecular weight excluding hydrogens is 334 g/mol. The maximum absolute atomic E-state index is 12.7. The van der Waals surface area contributed by atoms with Crippen LogP contribution in [0.25, 0.3) is 0 Å². The fourth-order valence-corrected chi connectivity index (χ4v) is 3.05. The van der Waals surface area contributed by atoms with E-state index in [0.717, 1.165) is 16.8 Å². The van der Waals surface area contributed by atoms with Gasteiger partial charge in [-0.25, -0.2) is 0 Å². The normalized spacial score (nSPS) is 14.9. The molecule has 0 bridgehead atoms.